The highest BCUT2D eigenvalue weighted by Crippen LogP contribution is 2.34. The number of nitrogens with one attached hydrogen (secondary N) is 2. The number of benzene rings is 1. The molecular formula is C12H9N5O2. The molecule has 1 aliphatic rings. The molecule has 19 heavy (non-hydrogen) atoms. The van der Waals surface area contributed by atoms with E-state index < -0.39 is 0 Å². The Balaban J connectivity index is 2.30. The molecule has 0 saturated carbocycles. The van der Waals surface area contributed by atoms with Crippen LogP contribution in [-0.4, -0.2) is 18.2 Å². The van der Waals surface area contributed by atoms with Crippen LogP contribution in [0, 0.1) is 29.6 Å². The fourth-order valence-corrected chi connectivity index (χ4v) is 1.64. The molecule has 2 N–H and O–H groups in total. The lowest BCUT2D eigenvalue weighted by Crippen LogP contribution is -2.25. The zero-order valence-electron chi connectivity index (χ0n) is 10.0. The minimum Gasteiger partial charge on any atom is -0.481 e. The lowest BCUT2D eigenvalue weighted by Gasteiger charge is -2.20. The van der Waals surface area contributed by atoms with E-state index in [0.717, 1.165) is 5.56 Å². The number of aryl methyl sites for hydroxylation is 1. The number of rotatable bonds is 2. The summed E-state index contributed by atoms with van der Waals surface area (Å²) in [5.41, 5.74) is 4.20. The van der Waals surface area contributed by atoms with Crippen LogP contribution < -0.4 is 15.5 Å². The van der Waals surface area contributed by atoms with Crippen molar-refractivity contribution in [1.82, 2.24) is 0 Å². The largest absolute Gasteiger partial charge is 0.481 e. The number of fused-ring (bicyclic) bond motifs is 1. The van der Waals surface area contributed by atoms with Crippen molar-refractivity contribution < 1.29 is 9.53 Å². The first-order chi connectivity index (χ1) is 9.13. The summed E-state index contributed by atoms with van der Waals surface area (Å²) in [4.78, 5) is 11.2. The van der Waals surface area contributed by atoms with Crippen LogP contribution in [0.2, 0.25) is 0 Å². The molecule has 0 radical (unpaired) electrons. The van der Waals surface area contributed by atoms with Crippen molar-refractivity contribution in [1.29, 1.82) is 10.5 Å². The Hall–Kier alpha value is -3.06. The van der Waals surface area contributed by atoms with Crippen LogP contribution >= 0.6 is 0 Å². The Morgan fingerprint density at radius 3 is 2.89 bits per heavy atom. The molecular weight excluding hydrogens is 246 g/mol. The third-order valence-electron chi connectivity index (χ3n) is 2.40. The van der Waals surface area contributed by atoms with Gasteiger partial charge >= 0.3 is 0 Å². The summed E-state index contributed by atoms with van der Waals surface area (Å²) in [6, 6.07) is 6.64. The van der Waals surface area contributed by atoms with Crippen LogP contribution in [0.5, 0.6) is 5.75 Å². The smallest absolute Gasteiger partial charge is 0.262 e. The van der Waals surface area contributed by atoms with Gasteiger partial charge in [-0.25, -0.2) is 0 Å². The normalized spacial score (nSPS) is 12.1. The van der Waals surface area contributed by atoms with Gasteiger partial charge in [-0.2, -0.15) is 15.6 Å². The predicted octanol–water partition coefficient (Wildman–Crippen LogP) is 1.14. The summed E-state index contributed by atoms with van der Waals surface area (Å²) >= 11 is 0. The van der Waals surface area contributed by atoms with Crippen LogP contribution in [-0.2, 0) is 4.79 Å². The molecule has 1 aromatic carbocycles. The van der Waals surface area contributed by atoms with Gasteiger partial charge in [0.05, 0.1) is 11.4 Å². The van der Waals surface area contributed by atoms with E-state index in [9.17, 15) is 4.79 Å². The highest BCUT2D eigenvalue weighted by atomic mass is 16.5. The Kier molecular flexibility index (Phi) is 3.31. The van der Waals surface area contributed by atoms with Gasteiger partial charge in [-0.3, -0.25) is 10.2 Å². The second kappa shape index (κ2) is 5.07. The fraction of sp³-hybridized carbons (Fsp3) is 0.167. The fourth-order valence-electron chi connectivity index (χ4n) is 1.64. The predicted molar refractivity (Wildman–Crippen MR) is 67.6 cm³/mol. The third kappa shape index (κ3) is 2.61. The highest BCUT2D eigenvalue weighted by Gasteiger charge is 2.18. The van der Waals surface area contributed by atoms with Gasteiger partial charge in [0.25, 0.3) is 5.91 Å². The molecule has 1 heterocycles. The van der Waals surface area contributed by atoms with Gasteiger partial charge in [0, 0.05) is 0 Å². The molecule has 94 valence electrons. The van der Waals surface area contributed by atoms with E-state index in [-0.39, 0.29) is 18.2 Å². The number of nitriles is 2. The lowest BCUT2D eigenvalue weighted by molar-refractivity contribution is -0.118. The summed E-state index contributed by atoms with van der Waals surface area (Å²) in [6.45, 7) is 1.81. The number of anilines is 2. The summed E-state index contributed by atoms with van der Waals surface area (Å²) < 4.78 is 5.31. The standard InChI is InChI=1S/C12H9N5O2/c1-7-2-8(16-17-9(4-13)5-14)3-10-12(7)19-6-11(18)15-10/h2-3,16H,6H2,1H3,(H,15,18). The molecule has 0 atom stereocenters. The van der Waals surface area contributed by atoms with Crippen molar-refractivity contribution in [2.24, 2.45) is 5.10 Å². The topological polar surface area (TPSA) is 110 Å². The number of hydrazone groups is 1. The molecule has 0 aromatic heterocycles. The van der Waals surface area contributed by atoms with Crippen molar-refractivity contribution >= 4 is 23.0 Å². The first kappa shape index (κ1) is 12.4. The molecule has 0 fully saturated rings. The van der Waals surface area contributed by atoms with E-state index in [0.29, 0.717) is 17.1 Å². The minimum absolute atomic E-state index is 0.00815. The van der Waals surface area contributed by atoms with Crippen molar-refractivity contribution in [2.45, 2.75) is 6.92 Å². The molecule has 2 rings (SSSR count). The van der Waals surface area contributed by atoms with Crippen LogP contribution in [0.1, 0.15) is 5.56 Å². The summed E-state index contributed by atoms with van der Waals surface area (Å²) in [5, 5.41) is 23.4. The molecule has 0 unspecified atom stereocenters. The van der Waals surface area contributed by atoms with Crippen molar-refractivity contribution in [2.75, 3.05) is 17.3 Å². The average molecular weight is 255 g/mol. The molecule has 0 aliphatic carbocycles. The van der Waals surface area contributed by atoms with Crippen LogP contribution in [0.15, 0.2) is 17.2 Å². The zero-order chi connectivity index (χ0) is 13.8. The Bertz CT molecular complexity index is 635. The van der Waals surface area contributed by atoms with Gasteiger partial charge in [-0.05, 0) is 24.6 Å². The molecule has 1 aromatic rings. The summed E-state index contributed by atoms with van der Waals surface area (Å²) in [5.74, 6) is 0.372. The van der Waals surface area contributed by atoms with Gasteiger partial charge in [0.2, 0.25) is 5.71 Å². The summed E-state index contributed by atoms with van der Waals surface area (Å²) in [7, 11) is 0. The number of amides is 1. The van der Waals surface area contributed by atoms with E-state index in [1.54, 1.807) is 24.3 Å². The maximum Gasteiger partial charge on any atom is 0.262 e. The first-order valence-corrected chi connectivity index (χ1v) is 5.35. The monoisotopic (exact) mass is 255 g/mol. The van der Waals surface area contributed by atoms with Gasteiger partial charge in [-0.15, -0.1) is 0 Å². The molecule has 1 amide bonds. The SMILES string of the molecule is Cc1cc(NN=C(C#N)C#N)cc2c1OCC(=O)N2. The molecule has 0 saturated heterocycles. The quantitative estimate of drug-likeness (QED) is 0.608. The van der Waals surface area contributed by atoms with E-state index in [1.807, 2.05) is 6.92 Å². The number of nitrogens with zero attached hydrogens (tertiary/aromatic N) is 3. The number of hydrogen-bond donors (Lipinski definition) is 2. The second-order valence-corrected chi connectivity index (χ2v) is 3.80. The maximum atomic E-state index is 11.2. The number of hydrogen-bond acceptors (Lipinski definition) is 6. The first-order valence-electron chi connectivity index (χ1n) is 5.35. The average Bonchev–Trinajstić information content (AvgIpc) is 2.39. The van der Waals surface area contributed by atoms with Crippen LogP contribution in [0.4, 0.5) is 11.4 Å². The molecule has 7 heteroatoms. The highest BCUT2D eigenvalue weighted by molar-refractivity contribution is 6.10. The van der Waals surface area contributed by atoms with Crippen molar-refractivity contribution in [3.63, 3.8) is 0 Å². The van der Waals surface area contributed by atoms with Gasteiger partial charge in [0.1, 0.15) is 17.9 Å². The number of ether oxygens (including phenoxy) is 1. The molecule has 1 aliphatic heterocycles. The number of carbonyl (C=O) groups is 1. The molecule has 0 spiro atoms. The Morgan fingerprint density at radius 1 is 1.47 bits per heavy atom. The van der Waals surface area contributed by atoms with Gasteiger partial charge in [0.15, 0.2) is 6.61 Å². The van der Waals surface area contributed by atoms with Gasteiger partial charge < -0.3 is 10.1 Å². The Morgan fingerprint density at radius 2 is 2.21 bits per heavy atom. The maximum absolute atomic E-state index is 11.2. The lowest BCUT2D eigenvalue weighted by atomic mass is 10.1. The molecule has 7 nitrogen and oxygen atoms in total. The minimum atomic E-state index is -0.282. The summed E-state index contributed by atoms with van der Waals surface area (Å²) in [6.07, 6.45) is 0. The second-order valence-electron chi connectivity index (χ2n) is 3.80. The Labute approximate surface area is 109 Å². The third-order valence-corrected chi connectivity index (χ3v) is 2.40. The van der Waals surface area contributed by atoms with Crippen molar-refractivity contribution in [3.05, 3.63) is 17.7 Å². The van der Waals surface area contributed by atoms with Crippen LogP contribution in [0.25, 0.3) is 0 Å². The van der Waals surface area contributed by atoms with Gasteiger partial charge in [-0.1, -0.05) is 0 Å². The van der Waals surface area contributed by atoms with Crippen LogP contribution in [0.3, 0.4) is 0 Å². The van der Waals surface area contributed by atoms with E-state index in [2.05, 4.69) is 15.8 Å². The van der Waals surface area contributed by atoms with E-state index in [4.69, 9.17) is 15.3 Å². The zero-order valence-corrected chi connectivity index (χ0v) is 10.0. The van der Waals surface area contributed by atoms with E-state index in [1.165, 1.54) is 0 Å². The molecule has 0 bridgehead atoms. The number of carbonyl (C=O) groups excluding carboxylic acids is 1. The van der Waals surface area contributed by atoms with Crippen molar-refractivity contribution in [3.8, 4) is 17.9 Å². The van der Waals surface area contributed by atoms with E-state index >= 15 is 0 Å².